The second-order valence-corrected chi connectivity index (χ2v) is 5.03. The first-order valence-electron chi connectivity index (χ1n) is 6.77. The van der Waals surface area contributed by atoms with E-state index in [2.05, 4.69) is 10.6 Å². The molecule has 1 fully saturated rings. The van der Waals surface area contributed by atoms with Crippen molar-refractivity contribution >= 4 is 5.91 Å². The molecular weight excluding hydrogens is 228 g/mol. The summed E-state index contributed by atoms with van der Waals surface area (Å²) in [6.45, 7) is 4.80. The molecule has 0 bridgehead atoms. The topological polar surface area (TPSA) is 54.3 Å². The fourth-order valence-electron chi connectivity index (χ4n) is 2.32. The van der Waals surface area contributed by atoms with Crippen molar-refractivity contribution in [1.29, 1.82) is 0 Å². The molecule has 2 N–H and O–H groups in total. The van der Waals surface area contributed by atoms with Gasteiger partial charge in [-0.15, -0.1) is 0 Å². The maximum atomic E-state index is 12.1. The predicted octanol–water partition coefficient (Wildman–Crippen LogP) is 2.30. The predicted molar refractivity (Wildman–Crippen MR) is 70.3 cm³/mol. The summed E-state index contributed by atoms with van der Waals surface area (Å²) in [5.41, 5.74) is 0. The van der Waals surface area contributed by atoms with Crippen LogP contribution in [0.1, 0.15) is 50.2 Å². The van der Waals surface area contributed by atoms with Crippen LogP contribution in [0.25, 0.3) is 0 Å². The van der Waals surface area contributed by atoms with E-state index < -0.39 is 0 Å². The molecule has 0 spiro atoms. The summed E-state index contributed by atoms with van der Waals surface area (Å²) in [6, 6.07) is 3.71. The van der Waals surface area contributed by atoms with Crippen LogP contribution in [-0.2, 0) is 4.79 Å². The number of nitrogens with one attached hydrogen (secondary N) is 2. The minimum Gasteiger partial charge on any atom is -0.464 e. The fraction of sp³-hybridized carbons (Fsp3) is 0.643. The van der Waals surface area contributed by atoms with Crippen molar-refractivity contribution in [3.05, 3.63) is 23.7 Å². The maximum Gasteiger partial charge on any atom is 0.237 e. The molecule has 1 aromatic rings. The number of carbonyl (C=O) groups is 1. The van der Waals surface area contributed by atoms with Gasteiger partial charge in [0.2, 0.25) is 5.91 Å². The second-order valence-electron chi connectivity index (χ2n) is 5.03. The highest BCUT2D eigenvalue weighted by molar-refractivity contribution is 5.82. The van der Waals surface area contributed by atoms with E-state index in [-0.39, 0.29) is 18.0 Å². The molecular formula is C14H22N2O2. The second kappa shape index (κ2) is 6.05. The highest BCUT2D eigenvalue weighted by Crippen LogP contribution is 2.16. The van der Waals surface area contributed by atoms with Crippen LogP contribution in [0.2, 0.25) is 0 Å². The smallest absolute Gasteiger partial charge is 0.237 e. The molecule has 1 saturated heterocycles. The lowest BCUT2D eigenvalue weighted by molar-refractivity contribution is -0.124. The van der Waals surface area contributed by atoms with Gasteiger partial charge in [0, 0.05) is 0 Å². The molecule has 0 saturated carbocycles. The Morgan fingerprint density at radius 3 is 3.00 bits per heavy atom. The lowest BCUT2D eigenvalue weighted by atomic mass is 10.1. The van der Waals surface area contributed by atoms with Crippen molar-refractivity contribution in [2.45, 2.75) is 51.6 Å². The van der Waals surface area contributed by atoms with Crippen LogP contribution in [0.15, 0.2) is 16.5 Å². The van der Waals surface area contributed by atoms with Crippen molar-refractivity contribution in [3.8, 4) is 0 Å². The van der Waals surface area contributed by atoms with Gasteiger partial charge in [-0.25, -0.2) is 0 Å². The maximum absolute atomic E-state index is 12.1. The first-order valence-corrected chi connectivity index (χ1v) is 6.77. The summed E-state index contributed by atoms with van der Waals surface area (Å²) < 4.78 is 5.52. The van der Waals surface area contributed by atoms with E-state index in [0.717, 1.165) is 37.3 Å². The summed E-state index contributed by atoms with van der Waals surface area (Å²) in [5, 5.41) is 6.31. The molecule has 1 aromatic heterocycles. The normalized spacial score (nSPS) is 22.2. The lowest BCUT2D eigenvalue weighted by Crippen LogP contribution is -2.44. The number of amides is 1. The van der Waals surface area contributed by atoms with Crippen LogP contribution in [0.3, 0.4) is 0 Å². The van der Waals surface area contributed by atoms with Gasteiger partial charge in [-0.1, -0.05) is 12.8 Å². The highest BCUT2D eigenvalue weighted by atomic mass is 16.3. The van der Waals surface area contributed by atoms with Crippen LogP contribution < -0.4 is 10.6 Å². The SMILES string of the molecule is Cc1ccc(C(C)NC(=O)C2CCCCCN2)o1. The van der Waals surface area contributed by atoms with Gasteiger partial charge < -0.3 is 15.1 Å². The first kappa shape index (κ1) is 13.1. The molecule has 4 nitrogen and oxygen atoms in total. The van der Waals surface area contributed by atoms with Crippen molar-refractivity contribution in [2.75, 3.05) is 6.54 Å². The average Bonchev–Trinajstić information content (AvgIpc) is 2.63. The Kier molecular flexibility index (Phi) is 4.42. The highest BCUT2D eigenvalue weighted by Gasteiger charge is 2.22. The summed E-state index contributed by atoms with van der Waals surface area (Å²) in [4.78, 5) is 12.1. The molecule has 0 aromatic carbocycles. The zero-order valence-corrected chi connectivity index (χ0v) is 11.2. The Hall–Kier alpha value is -1.29. The van der Waals surface area contributed by atoms with Crippen molar-refractivity contribution in [3.63, 3.8) is 0 Å². The van der Waals surface area contributed by atoms with Gasteiger partial charge in [-0.2, -0.15) is 0 Å². The number of carbonyl (C=O) groups excluding carboxylic acids is 1. The van der Waals surface area contributed by atoms with Gasteiger partial charge in [-0.05, 0) is 45.4 Å². The molecule has 0 aliphatic carbocycles. The third-order valence-electron chi connectivity index (χ3n) is 3.42. The molecule has 1 aliphatic heterocycles. The van der Waals surface area contributed by atoms with E-state index in [1.54, 1.807) is 0 Å². The van der Waals surface area contributed by atoms with Gasteiger partial charge in [-0.3, -0.25) is 4.79 Å². The van der Waals surface area contributed by atoms with Gasteiger partial charge in [0.1, 0.15) is 11.5 Å². The van der Waals surface area contributed by atoms with E-state index in [9.17, 15) is 4.79 Å². The minimum atomic E-state index is -0.0729. The Morgan fingerprint density at radius 2 is 2.28 bits per heavy atom. The summed E-state index contributed by atoms with van der Waals surface area (Å²) >= 11 is 0. The Bertz CT molecular complexity index is 392. The van der Waals surface area contributed by atoms with Crippen molar-refractivity contribution in [2.24, 2.45) is 0 Å². The third-order valence-corrected chi connectivity index (χ3v) is 3.42. The van der Waals surface area contributed by atoms with Crippen LogP contribution in [0.4, 0.5) is 0 Å². The summed E-state index contributed by atoms with van der Waals surface area (Å²) in [5.74, 6) is 1.77. The monoisotopic (exact) mass is 250 g/mol. The van der Waals surface area contributed by atoms with Gasteiger partial charge in [0.15, 0.2) is 0 Å². The van der Waals surface area contributed by atoms with E-state index in [0.29, 0.717) is 0 Å². The molecule has 18 heavy (non-hydrogen) atoms. The van der Waals surface area contributed by atoms with Crippen LogP contribution in [-0.4, -0.2) is 18.5 Å². The van der Waals surface area contributed by atoms with Crippen molar-refractivity contribution in [1.82, 2.24) is 10.6 Å². The third kappa shape index (κ3) is 3.35. The molecule has 2 rings (SSSR count). The molecule has 100 valence electrons. The first-order chi connectivity index (χ1) is 8.66. The van der Waals surface area contributed by atoms with E-state index in [4.69, 9.17) is 4.42 Å². The molecule has 2 unspecified atom stereocenters. The van der Waals surface area contributed by atoms with Gasteiger partial charge in [0.25, 0.3) is 0 Å². The summed E-state index contributed by atoms with van der Waals surface area (Å²) in [7, 11) is 0. The fourth-order valence-corrected chi connectivity index (χ4v) is 2.32. The molecule has 1 aliphatic rings. The van der Waals surface area contributed by atoms with Crippen LogP contribution >= 0.6 is 0 Å². The average molecular weight is 250 g/mol. The minimum absolute atomic E-state index is 0.0500. The van der Waals surface area contributed by atoms with Gasteiger partial charge >= 0.3 is 0 Å². The number of hydrogen-bond acceptors (Lipinski definition) is 3. The summed E-state index contributed by atoms with van der Waals surface area (Å²) in [6.07, 6.45) is 4.43. The van der Waals surface area contributed by atoms with E-state index in [1.807, 2.05) is 26.0 Å². The number of rotatable bonds is 3. The zero-order valence-electron chi connectivity index (χ0n) is 11.2. The Balaban J connectivity index is 1.89. The van der Waals surface area contributed by atoms with Crippen molar-refractivity contribution < 1.29 is 9.21 Å². The number of furan rings is 1. The lowest BCUT2D eigenvalue weighted by Gasteiger charge is -2.18. The van der Waals surface area contributed by atoms with E-state index >= 15 is 0 Å². The molecule has 2 atom stereocenters. The van der Waals surface area contributed by atoms with Crippen LogP contribution in [0, 0.1) is 6.92 Å². The molecule has 4 heteroatoms. The molecule has 0 radical (unpaired) electrons. The van der Waals surface area contributed by atoms with E-state index in [1.165, 1.54) is 6.42 Å². The Morgan fingerprint density at radius 1 is 1.44 bits per heavy atom. The quantitative estimate of drug-likeness (QED) is 0.865. The standard InChI is InChI=1S/C14H22N2O2/c1-10-7-8-13(18-10)11(2)16-14(17)12-6-4-3-5-9-15-12/h7-8,11-12,15H,3-6,9H2,1-2H3,(H,16,17). The molecule has 1 amide bonds. The Labute approximate surface area is 108 Å². The number of aryl methyl sites for hydroxylation is 1. The molecule has 2 heterocycles. The van der Waals surface area contributed by atoms with Crippen LogP contribution in [0.5, 0.6) is 0 Å². The van der Waals surface area contributed by atoms with Gasteiger partial charge in [0.05, 0.1) is 12.1 Å². The zero-order chi connectivity index (χ0) is 13.0. The number of hydrogen-bond donors (Lipinski definition) is 2. The largest absolute Gasteiger partial charge is 0.464 e.